The van der Waals surface area contributed by atoms with Crippen LogP contribution in [0.1, 0.15) is 58.5 Å². The zero-order valence-corrected chi connectivity index (χ0v) is 19.8. The number of aryl methyl sites for hydroxylation is 1. The Labute approximate surface area is 200 Å². The van der Waals surface area contributed by atoms with Crippen molar-refractivity contribution in [2.24, 2.45) is 0 Å². The molecule has 0 aliphatic heterocycles. The molecular formula is C25H24N4O2S2. The number of nitrogens with one attached hydrogen (secondary N) is 2. The quantitative estimate of drug-likeness (QED) is 0.383. The Morgan fingerprint density at radius 1 is 1.18 bits per heavy atom. The number of hydrogen-bond donors (Lipinski definition) is 2. The molecule has 2 aromatic heterocycles. The van der Waals surface area contributed by atoms with Crippen LogP contribution in [0, 0.1) is 11.3 Å². The Balaban J connectivity index is 1.31. The Morgan fingerprint density at radius 2 is 2.00 bits per heavy atom. The second-order valence-corrected chi connectivity index (χ2v) is 10.6. The van der Waals surface area contributed by atoms with Gasteiger partial charge in [0.25, 0.3) is 5.91 Å². The summed E-state index contributed by atoms with van der Waals surface area (Å²) in [7, 11) is 0. The zero-order valence-electron chi connectivity index (χ0n) is 18.1. The number of thioether (sulfide) groups is 1. The number of nitrogens with zero attached hydrogens (tertiary/aromatic N) is 2. The van der Waals surface area contributed by atoms with Gasteiger partial charge < -0.3 is 10.6 Å². The first-order valence-corrected chi connectivity index (χ1v) is 13.1. The number of aromatic nitrogens is 1. The highest BCUT2D eigenvalue weighted by Gasteiger charge is 2.25. The maximum atomic E-state index is 12.8. The molecule has 0 bridgehead atoms. The Kier molecular flexibility index (Phi) is 6.34. The van der Waals surface area contributed by atoms with E-state index in [9.17, 15) is 14.9 Å². The first kappa shape index (κ1) is 21.9. The zero-order chi connectivity index (χ0) is 22.8. The van der Waals surface area contributed by atoms with Crippen LogP contribution in [0.2, 0.25) is 0 Å². The van der Waals surface area contributed by atoms with Gasteiger partial charge in [0, 0.05) is 16.3 Å². The lowest BCUT2D eigenvalue weighted by Gasteiger charge is -2.10. The fourth-order valence-electron chi connectivity index (χ4n) is 4.15. The smallest absolute Gasteiger partial charge is 0.252 e. The summed E-state index contributed by atoms with van der Waals surface area (Å²) >= 11 is 2.84. The molecule has 168 valence electrons. The van der Waals surface area contributed by atoms with Crippen molar-refractivity contribution in [1.82, 2.24) is 10.3 Å². The number of carbonyl (C=O) groups excluding carboxylic acids is 2. The molecule has 1 aromatic carbocycles. The second-order valence-electron chi connectivity index (χ2n) is 8.49. The number of thiophene rings is 1. The van der Waals surface area contributed by atoms with Crippen molar-refractivity contribution in [3.63, 3.8) is 0 Å². The average molecular weight is 477 g/mol. The number of amides is 2. The summed E-state index contributed by atoms with van der Waals surface area (Å²) < 4.78 is 0. The van der Waals surface area contributed by atoms with Gasteiger partial charge in [-0.2, -0.15) is 5.26 Å². The van der Waals surface area contributed by atoms with Gasteiger partial charge in [-0.25, -0.2) is 4.98 Å². The average Bonchev–Trinajstić information content (AvgIpc) is 3.61. The molecule has 1 fully saturated rings. The molecule has 0 radical (unpaired) electrons. The van der Waals surface area contributed by atoms with E-state index in [0.717, 1.165) is 55.0 Å². The molecule has 6 nitrogen and oxygen atoms in total. The highest BCUT2D eigenvalue weighted by molar-refractivity contribution is 7.99. The monoisotopic (exact) mass is 476 g/mol. The van der Waals surface area contributed by atoms with Gasteiger partial charge in [-0.1, -0.05) is 36.4 Å². The molecule has 8 heteroatoms. The van der Waals surface area contributed by atoms with Crippen LogP contribution in [-0.4, -0.2) is 28.6 Å². The molecule has 1 saturated carbocycles. The fourth-order valence-corrected chi connectivity index (χ4v) is 6.13. The van der Waals surface area contributed by atoms with Crippen LogP contribution in [-0.2, 0) is 17.6 Å². The highest BCUT2D eigenvalue weighted by atomic mass is 32.2. The van der Waals surface area contributed by atoms with Gasteiger partial charge in [-0.3, -0.25) is 9.59 Å². The van der Waals surface area contributed by atoms with Gasteiger partial charge >= 0.3 is 0 Å². The van der Waals surface area contributed by atoms with E-state index in [-0.39, 0.29) is 23.6 Å². The lowest BCUT2D eigenvalue weighted by Crippen LogP contribution is -2.25. The molecule has 0 saturated heterocycles. The third kappa shape index (κ3) is 4.90. The Bertz CT molecular complexity index is 1270. The van der Waals surface area contributed by atoms with Gasteiger partial charge in [0.15, 0.2) is 0 Å². The van der Waals surface area contributed by atoms with Gasteiger partial charge in [0.2, 0.25) is 5.91 Å². The van der Waals surface area contributed by atoms with Gasteiger partial charge in [0.1, 0.15) is 11.1 Å². The molecule has 3 aromatic rings. The predicted molar refractivity (Wildman–Crippen MR) is 132 cm³/mol. The molecule has 2 heterocycles. The van der Waals surface area contributed by atoms with E-state index in [1.807, 2.05) is 24.3 Å². The van der Waals surface area contributed by atoms with Crippen LogP contribution < -0.4 is 10.6 Å². The summed E-state index contributed by atoms with van der Waals surface area (Å²) in [5.41, 5.74) is 3.06. The summed E-state index contributed by atoms with van der Waals surface area (Å²) in [4.78, 5) is 31.4. The normalized spacial score (nSPS) is 15.4. The first-order chi connectivity index (χ1) is 16.1. The Morgan fingerprint density at radius 3 is 2.82 bits per heavy atom. The van der Waals surface area contributed by atoms with Crippen molar-refractivity contribution in [2.75, 3.05) is 11.1 Å². The van der Waals surface area contributed by atoms with Crippen LogP contribution in [0.4, 0.5) is 5.00 Å². The van der Waals surface area contributed by atoms with Crippen LogP contribution >= 0.6 is 23.1 Å². The van der Waals surface area contributed by atoms with Gasteiger partial charge in [0.05, 0.1) is 27.4 Å². The summed E-state index contributed by atoms with van der Waals surface area (Å²) in [5.74, 6) is -0.115. The lowest BCUT2D eigenvalue weighted by atomic mass is 10.1. The molecule has 2 aliphatic carbocycles. The number of fused-ring (bicyclic) bond motifs is 2. The molecular weight excluding hydrogens is 452 g/mol. The third-order valence-corrected chi connectivity index (χ3v) is 8.11. The van der Waals surface area contributed by atoms with E-state index < -0.39 is 0 Å². The summed E-state index contributed by atoms with van der Waals surface area (Å²) in [6, 6.07) is 11.9. The fraction of sp³-hybridized carbons (Fsp3) is 0.360. The van der Waals surface area contributed by atoms with Gasteiger partial charge in [-0.05, 0) is 56.2 Å². The van der Waals surface area contributed by atoms with Crippen molar-refractivity contribution in [3.8, 4) is 6.07 Å². The first-order valence-electron chi connectivity index (χ1n) is 11.3. The SMILES string of the molecule is N#Cc1c(NC(=O)CSc2cc(C(=O)NC3CC3)c3ccccc3n2)sc2c1CCCCC2. The summed E-state index contributed by atoms with van der Waals surface area (Å²) in [6.45, 7) is 0. The summed E-state index contributed by atoms with van der Waals surface area (Å²) in [5, 5.41) is 17.8. The van der Waals surface area contributed by atoms with Crippen LogP contribution in [0.15, 0.2) is 35.4 Å². The van der Waals surface area contributed by atoms with Crippen LogP contribution in [0.5, 0.6) is 0 Å². The number of carbonyl (C=O) groups is 2. The van der Waals surface area contributed by atoms with Gasteiger partial charge in [-0.15, -0.1) is 11.3 Å². The van der Waals surface area contributed by atoms with Crippen molar-refractivity contribution >= 4 is 50.8 Å². The molecule has 33 heavy (non-hydrogen) atoms. The minimum Gasteiger partial charge on any atom is -0.349 e. The number of anilines is 1. The van der Waals surface area contributed by atoms with Crippen molar-refractivity contribution < 1.29 is 9.59 Å². The number of para-hydroxylation sites is 1. The predicted octanol–water partition coefficient (Wildman–Crippen LogP) is 5.06. The van der Waals surface area contributed by atoms with E-state index in [4.69, 9.17) is 0 Å². The molecule has 0 atom stereocenters. The molecule has 0 unspecified atom stereocenters. The topological polar surface area (TPSA) is 94.9 Å². The van der Waals surface area contributed by atoms with E-state index in [0.29, 0.717) is 21.2 Å². The standard InChI is InChI=1S/C25H24N4O2S2/c26-13-19-17-7-2-1-3-9-21(17)33-25(19)29-22(30)14-32-23-12-18(24(31)27-15-10-11-15)16-6-4-5-8-20(16)28-23/h4-6,8,12,15H,1-3,7,9-11,14H2,(H,27,31)(H,29,30). The van der Waals surface area contributed by atoms with Crippen molar-refractivity contribution in [2.45, 2.75) is 56.0 Å². The van der Waals surface area contributed by atoms with Crippen molar-refractivity contribution in [3.05, 3.63) is 51.9 Å². The second kappa shape index (κ2) is 9.54. The number of hydrogen-bond acceptors (Lipinski definition) is 6. The van der Waals surface area contributed by atoms with E-state index >= 15 is 0 Å². The molecule has 2 amide bonds. The Hall–Kier alpha value is -2.89. The minimum absolute atomic E-state index is 0.0962. The molecule has 0 spiro atoms. The molecule has 2 N–H and O–H groups in total. The maximum Gasteiger partial charge on any atom is 0.252 e. The van der Waals surface area contributed by atoms with Crippen LogP contribution in [0.25, 0.3) is 10.9 Å². The number of rotatable bonds is 6. The van der Waals surface area contributed by atoms with E-state index in [1.54, 1.807) is 6.07 Å². The summed E-state index contributed by atoms with van der Waals surface area (Å²) in [6.07, 6.45) is 7.33. The van der Waals surface area contributed by atoms with Crippen molar-refractivity contribution in [1.29, 1.82) is 5.26 Å². The highest BCUT2D eigenvalue weighted by Crippen LogP contribution is 2.37. The largest absolute Gasteiger partial charge is 0.349 e. The maximum absolute atomic E-state index is 12.8. The molecule has 2 aliphatic rings. The van der Waals surface area contributed by atoms with Crippen LogP contribution in [0.3, 0.4) is 0 Å². The minimum atomic E-state index is -0.174. The number of benzene rings is 1. The molecule has 5 rings (SSSR count). The lowest BCUT2D eigenvalue weighted by molar-refractivity contribution is -0.113. The van der Waals surface area contributed by atoms with E-state index in [1.165, 1.54) is 34.4 Å². The number of pyridine rings is 1. The third-order valence-electron chi connectivity index (χ3n) is 5.99. The van der Waals surface area contributed by atoms with E-state index in [2.05, 4.69) is 21.7 Å². The number of nitriles is 1.